The quantitative estimate of drug-likeness (QED) is 0.716. The summed E-state index contributed by atoms with van der Waals surface area (Å²) in [5.74, 6) is 1.79. The molecule has 0 radical (unpaired) electrons. The SMILES string of the molecule is COc1ccc(-c2cc(O)c3ccc(OC)cc3c2)c(Br)c1. The van der Waals surface area contributed by atoms with Crippen molar-refractivity contribution in [3.8, 4) is 28.4 Å². The van der Waals surface area contributed by atoms with Crippen molar-refractivity contribution < 1.29 is 14.6 Å². The van der Waals surface area contributed by atoms with Crippen LogP contribution in [0.2, 0.25) is 0 Å². The van der Waals surface area contributed by atoms with Crippen LogP contribution in [0.25, 0.3) is 21.9 Å². The van der Waals surface area contributed by atoms with E-state index in [-0.39, 0.29) is 5.75 Å². The van der Waals surface area contributed by atoms with Gasteiger partial charge in [-0.1, -0.05) is 15.9 Å². The monoisotopic (exact) mass is 358 g/mol. The zero-order chi connectivity index (χ0) is 15.7. The second-order valence-electron chi connectivity index (χ2n) is 4.93. The molecule has 0 atom stereocenters. The van der Waals surface area contributed by atoms with Crippen LogP contribution in [-0.4, -0.2) is 19.3 Å². The number of hydrogen-bond donors (Lipinski definition) is 1. The van der Waals surface area contributed by atoms with Gasteiger partial charge in [-0.25, -0.2) is 0 Å². The minimum absolute atomic E-state index is 0.248. The number of rotatable bonds is 3. The lowest BCUT2D eigenvalue weighted by molar-refractivity contribution is 0.414. The Morgan fingerprint density at radius 1 is 0.864 bits per heavy atom. The Labute approximate surface area is 137 Å². The van der Waals surface area contributed by atoms with E-state index in [4.69, 9.17) is 9.47 Å². The molecule has 3 aromatic rings. The van der Waals surface area contributed by atoms with Gasteiger partial charge in [0.15, 0.2) is 0 Å². The first-order valence-corrected chi connectivity index (χ1v) is 7.56. The maximum Gasteiger partial charge on any atom is 0.124 e. The molecule has 3 nitrogen and oxygen atoms in total. The van der Waals surface area contributed by atoms with E-state index in [1.165, 1.54) is 0 Å². The third-order valence-corrected chi connectivity index (χ3v) is 4.28. The summed E-state index contributed by atoms with van der Waals surface area (Å²) in [7, 11) is 3.26. The average Bonchev–Trinajstić information content (AvgIpc) is 2.53. The van der Waals surface area contributed by atoms with Gasteiger partial charge in [-0.15, -0.1) is 0 Å². The van der Waals surface area contributed by atoms with Crippen LogP contribution in [0.4, 0.5) is 0 Å². The first-order valence-electron chi connectivity index (χ1n) is 6.77. The number of halogens is 1. The molecule has 0 spiro atoms. The average molecular weight is 359 g/mol. The first-order chi connectivity index (χ1) is 10.6. The van der Waals surface area contributed by atoms with E-state index in [0.717, 1.165) is 37.9 Å². The lowest BCUT2D eigenvalue weighted by Gasteiger charge is -2.10. The molecule has 112 valence electrons. The van der Waals surface area contributed by atoms with Crippen LogP contribution in [-0.2, 0) is 0 Å². The number of phenols is 1. The molecular formula is C18H15BrO3. The van der Waals surface area contributed by atoms with Gasteiger partial charge in [-0.3, -0.25) is 0 Å². The zero-order valence-electron chi connectivity index (χ0n) is 12.3. The number of fused-ring (bicyclic) bond motifs is 1. The Kier molecular flexibility index (Phi) is 3.94. The van der Waals surface area contributed by atoms with E-state index in [9.17, 15) is 5.11 Å². The Hall–Kier alpha value is -2.20. The number of ether oxygens (including phenoxy) is 2. The lowest BCUT2D eigenvalue weighted by Crippen LogP contribution is -1.87. The molecule has 0 bridgehead atoms. The maximum absolute atomic E-state index is 10.3. The zero-order valence-corrected chi connectivity index (χ0v) is 13.8. The largest absolute Gasteiger partial charge is 0.507 e. The summed E-state index contributed by atoms with van der Waals surface area (Å²) in [6.07, 6.45) is 0. The number of methoxy groups -OCH3 is 2. The summed E-state index contributed by atoms with van der Waals surface area (Å²) < 4.78 is 11.4. The Balaban J connectivity index is 2.18. The molecule has 22 heavy (non-hydrogen) atoms. The van der Waals surface area contributed by atoms with Gasteiger partial charge < -0.3 is 14.6 Å². The number of aromatic hydroxyl groups is 1. The van der Waals surface area contributed by atoms with Gasteiger partial charge in [0.05, 0.1) is 14.2 Å². The first kappa shape index (κ1) is 14.7. The third kappa shape index (κ3) is 2.62. The summed E-state index contributed by atoms with van der Waals surface area (Å²) in [4.78, 5) is 0. The van der Waals surface area contributed by atoms with Crippen molar-refractivity contribution >= 4 is 26.7 Å². The van der Waals surface area contributed by atoms with E-state index in [1.54, 1.807) is 20.3 Å². The third-order valence-electron chi connectivity index (χ3n) is 3.63. The van der Waals surface area contributed by atoms with Crippen LogP contribution in [0, 0.1) is 0 Å². The molecule has 0 heterocycles. The second-order valence-corrected chi connectivity index (χ2v) is 5.78. The minimum atomic E-state index is 0.248. The summed E-state index contributed by atoms with van der Waals surface area (Å²) >= 11 is 3.56. The van der Waals surface area contributed by atoms with Crippen LogP contribution >= 0.6 is 15.9 Å². The van der Waals surface area contributed by atoms with Gasteiger partial charge in [-0.05, 0) is 65.0 Å². The fourth-order valence-electron chi connectivity index (χ4n) is 2.47. The normalized spacial score (nSPS) is 10.7. The van der Waals surface area contributed by atoms with Crippen molar-refractivity contribution in [2.24, 2.45) is 0 Å². The van der Waals surface area contributed by atoms with E-state index in [0.29, 0.717) is 0 Å². The van der Waals surface area contributed by atoms with Gasteiger partial charge in [0, 0.05) is 9.86 Å². The van der Waals surface area contributed by atoms with Crippen LogP contribution in [0.1, 0.15) is 0 Å². The molecule has 0 fully saturated rings. The van der Waals surface area contributed by atoms with E-state index >= 15 is 0 Å². The molecule has 0 aliphatic rings. The van der Waals surface area contributed by atoms with Crippen LogP contribution in [0.15, 0.2) is 53.0 Å². The Morgan fingerprint density at radius 3 is 2.23 bits per heavy atom. The summed E-state index contributed by atoms with van der Waals surface area (Å²) in [6, 6.07) is 15.2. The summed E-state index contributed by atoms with van der Waals surface area (Å²) in [5, 5.41) is 12.0. The topological polar surface area (TPSA) is 38.7 Å². The Bertz CT molecular complexity index is 843. The standard InChI is InChI=1S/C18H15BrO3/c1-21-13-4-6-16-11(8-13)7-12(9-18(16)20)15-5-3-14(22-2)10-17(15)19/h3-10,20H,1-2H3. The molecule has 0 aromatic heterocycles. The van der Waals surface area contributed by atoms with Crippen molar-refractivity contribution in [1.29, 1.82) is 0 Å². The fourth-order valence-corrected chi connectivity index (χ4v) is 3.05. The number of phenolic OH excluding ortho intramolecular Hbond substituents is 1. The molecule has 0 aliphatic carbocycles. The second kappa shape index (κ2) is 5.89. The predicted octanol–water partition coefficient (Wildman–Crippen LogP) is 4.99. The van der Waals surface area contributed by atoms with Gasteiger partial charge in [0.1, 0.15) is 17.2 Å². The minimum Gasteiger partial charge on any atom is -0.507 e. The molecule has 0 saturated heterocycles. The molecule has 0 amide bonds. The van der Waals surface area contributed by atoms with E-state index < -0.39 is 0 Å². The van der Waals surface area contributed by atoms with Crippen molar-refractivity contribution in [3.63, 3.8) is 0 Å². The summed E-state index contributed by atoms with van der Waals surface area (Å²) in [5.41, 5.74) is 1.91. The van der Waals surface area contributed by atoms with Crippen molar-refractivity contribution in [2.45, 2.75) is 0 Å². The molecule has 3 rings (SSSR count). The predicted molar refractivity (Wildman–Crippen MR) is 91.9 cm³/mol. The van der Waals surface area contributed by atoms with Crippen LogP contribution < -0.4 is 9.47 Å². The van der Waals surface area contributed by atoms with Crippen LogP contribution in [0.3, 0.4) is 0 Å². The molecule has 1 N–H and O–H groups in total. The van der Waals surface area contributed by atoms with Crippen molar-refractivity contribution in [1.82, 2.24) is 0 Å². The van der Waals surface area contributed by atoms with Gasteiger partial charge in [-0.2, -0.15) is 0 Å². The number of hydrogen-bond acceptors (Lipinski definition) is 3. The number of benzene rings is 3. The van der Waals surface area contributed by atoms with Crippen molar-refractivity contribution in [3.05, 3.63) is 53.0 Å². The molecule has 3 aromatic carbocycles. The highest BCUT2D eigenvalue weighted by Crippen LogP contribution is 2.37. The van der Waals surface area contributed by atoms with E-state index in [2.05, 4.69) is 15.9 Å². The fraction of sp³-hybridized carbons (Fsp3) is 0.111. The Morgan fingerprint density at radius 2 is 1.55 bits per heavy atom. The molecule has 4 heteroatoms. The highest BCUT2D eigenvalue weighted by molar-refractivity contribution is 9.10. The highest BCUT2D eigenvalue weighted by Gasteiger charge is 2.09. The maximum atomic E-state index is 10.3. The smallest absolute Gasteiger partial charge is 0.124 e. The van der Waals surface area contributed by atoms with E-state index in [1.807, 2.05) is 42.5 Å². The molecule has 0 aliphatic heterocycles. The van der Waals surface area contributed by atoms with Crippen molar-refractivity contribution in [2.75, 3.05) is 14.2 Å². The van der Waals surface area contributed by atoms with Crippen LogP contribution in [0.5, 0.6) is 17.2 Å². The lowest BCUT2D eigenvalue weighted by atomic mass is 10.00. The molecular weight excluding hydrogens is 344 g/mol. The van der Waals surface area contributed by atoms with Gasteiger partial charge >= 0.3 is 0 Å². The molecule has 0 unspecified atom stereocenters. The summed E-state index contributed by atoms with van der Waals surface area (Å²) in [6.45, 7) is 0. The van der Waals surface area contributed by atoms with Gasteiger partial charge in [0.25, 0.3) is 0 Å². The van der Waals surface area contributed by atoms with Gasteiger partial charge in [0.2, 0.25) is 0 Å². The highest BCUT2D eigenvalue weighted by atomic mass is 79.9. The molecule has 0 saturated carbocycles.